The molecule has 3 aromatic rings. The first-order valence-electron chi connectivity index (χ1n) is 7.89. The molecule has 132 valence electrons. The summed E-state index contributed by atoms with van der Waals surface area (Å²) in [4.78, 5) is 24.2. The topological polar surface area (TPSA) is 75.6 Å². The number of aromatic hydroxyl groups is 1. The number of phenolic OH excluding ortho intramolecular Hbond substituents is 1. The lowest BCUT2D eigenvalue weighted by Crippen LogP contribution is -2.21. The summed E-state index contributed by atoms with van der Waals surface area (Å²) in [5, 5.41) is 14.8. The molecule has 5 nitrogen and oxygen atoms in total. The zero-order valence-electron chi connectivity index (χ0n) is 14.0. The maximum Gasteiger partial charge on any atom is 0.342 e. The SMILES string of the molecule is Cc1cc(Cl)ccc1NC(=O)COC(=O)c1cc2ccccc2cc1O. The minimum absolute atomic E-state index is 0.0131. The zero-order valence-corrected chi connectivity index (χ0v) is 14.7. The van der Waals surface area contributed by atoms with Crippen LogP contribution in [0.5, 0.6) is 5.75 Å². The van der Waals surface area contributed by atoms with Gasteiger partial charge in [-0.1, -0.05) is 35.9 Å². The second-order valence-electron chi connectivity index (χ2n) is 5.80. The molecule has 0 fully saturated rings. The first-order valence-corrected chi connectivity index (χ1v) is 8.27. The van der Waals surface area contributed by atoms with Gasteiger partial charge in [0, 0.05) is 10.7 Å². The van der Waals surface area contributed by atoms with Crippen LogP contribution >= 0.6 is 11.6 Å². The van der Waals surface area contributed by atoms with E-state index in [0.29, 0.717) is 10.7 Å². The average molecular weight is 370 g/mol. The van der Waals surface area contributed by atoms with E-state index in [1.165, 1.54) is 12.1 Å². The van der Waals surface area contributed by atoms with Crippen LogP contribution in [0.25, 0.3) is 10.8 Å². The molecule has 0 saturated heterocycles. The van der Waals surface area contributed by atoms with E-state index in [1.807, 2.05) is 24.3 Å². The lowest BCUT2D eigenvalue weighted by Gasteiger charge is -2.10. The Balaban J connectivity index is 1.66. The molecule has 2 N–H and O–H groups in total. The van der Waals surface area contributed by atoms with E-state index < -0.39 is 18.5 Å². The Morgan fingerprint density at radius 2 is 1.77 bits per heavy atom. The van der Waals surface area contributed by atoms with Gasteiger partial charge < -0.3 is 15.2 Å². The zero-order chi connectivity index (χ0) is 18.7. The number of fused-ring (bicyclic) bond motifs is 1. The van der Waals surface area contributed by atoms with Gasteiger partial charge in [0.2, 0.25) is 0 Å². The van der Waals surface area contributed by atoms with Gasteiger partial charge in [0.1, 0.15) is 11.3 Å². The molecule has 0 unspecified atom stereocenters. The van der Waals surface area contributed by atoms with Crippen LogP contribution in [-0.4, -0.2) is 23.6 Å². The number of aryl methyl sites for hydroxylation is 1. The number of carbonyl (C=O) groups is 2. The molecule has 0 heterocycles. The van der Waals surface area contributed by atoms with Crippen molar-refractivity contribution < 1.29 is 19.4 Å². The van der Waals surface area contributed by atoms with E-state index in [9.17, 15) is 14.7 Å². The Morgan fingerprint density at radius 3 is 2.46 bits per heavy atom. The summed E-state index contributed by atoms with van der Waals surface area (Å²) in [7, 11) is 0. The number of rotatable bonds is 4. The average Bonchev–Trinajstić information content (AvgIpc) is 2.61. The van der Waals surface area contributed by atoms with E-state index in [1.54, 1.807) is 25.1 Å². The number of esters is 1. The van der Waals surface area contributed by atoms with Gasteiger partial charge in [-0.25, -0.2) is 4.79 Å². The van der Waals surface area contributed by atoms with Crippen molar-refractivity contribution in [1.29, 1.82) is 0 Å². The lowest BCUT2D eigenvalue weighted by molar-refractivity contribution is -0.119. The van der Waals surface area contributed by atoms with Gasteiger partial charge in [0.15, 0.2) is 6.61 Å². The van der Waals surface area contributed by atoms with Crippen LogP contribution in [0, 0.1) is 6.92 Å². The van der Waals surface area contributed by atoms with Gasteiger partial charge in [-0.2, -0.15) is 0 Å². The van der Waals surface area contributed by atoms with Crippen molar-refractivity contribution in [1.82, 2.24) is 0 Å². The fourth-order valence-electron chi connectivity index (χ4n) is 2.55. The molecule has 6 heteroatoms. The van der Waals surface area contributed by atoms with E-state index in [4.69, 9.17) is 16.3 Å². The van der Waals surface area contributed by atoms with E-state index in [2.05, 4.69) is 5.32 Å². The summed E-state index contributed by atoms with van der Waals surface area (Å²) in [6.07, 6.45) is 0. The fraction of sp³-hybridized carbons (Fsp3) is 0.100. The van der Waals surface area contributed by atoms with E-state index >= 15 is 0 Å². The number of ether oxygens (including phenoxy) is 1. The molecule has 0 saturated carbocycles. The maximum atomic E-state index is 12.2. The van der Waals surface area contributed by atoms with Crippen LogP contribution in [0.3, 0.4) is 0 Å². The summed E-state index contributed by atoms with van der Waals surface area (Å²) >= 11 is 5.87. The Labute approximate surface area is 155 Å². The highest BCUT2D eigenvalue weighted by molar-refractivity contribution is 6.30. The van der Waals surface area contributed by atoms with E-state index in [0.717, 1.165) is 16.3 Å². The Hall–Kier alpha value is -3.05. The smallest absolute Gasteiger partial charge is 0.342 e. The second-order valence-corrected chi connectivity index (χ2v) is 6.24. The molecule has 0 aliphatic carbocycles. The van der Waals surface area contributed by atoms with Gasteiger partial charge in [0.05, 0.1) is 0 Å². The van der Waals surface area contributed by atoms with Crippen LogP contribution in [0.2, 0.25) is 5.02 Å². The third-order valence-electron chi connectivity index (χ3n) is 3.88. The van der Waals surface area contributed by atoms with Crippen molar-refractivity contribution in [3.8, 4) is 5.75 Å². The summed E-state index contributed by atoms with van der Waals surface area (Å²) in [6.45, 7) is 1.34. The predicted octanol–water partition coefficient (Wildman–Crippen LogP) is 4.30. The number of anilines is 1. The number of benzene rings is 3. The molecule has 0 atom stereocenters. The molecule has 0 aliphatic rings. The summed E-state index contributed by atoms with van der Waals surface area (Å²) in [6, 6.07) is 15.4. The van der Waals surface area contributed by atoms with Crippen LogP contribution in [0.1, 0.15) is 15.9 Å². The van der Waals surface area contributed by atoms with Crippen LogP contribution < -0.4 is 5.32 Å². The molecule has 26 heavy (non-hydrogen) atoms. The molecule has 0 aliphatic heterocycles. The van der Waals surface area contributed by atoms with Crippen molar-refractivity contribution in [2.45, 2.75) is 6.92 Å². The monoisotopic (exact) mass is 369 g/mol. The number of nitrogens with one attached hydrogen (secondary N) is 1. The van der Waals surface area contributed by atoms with E-state index in [-0.39, 0.29) is 11.3 Å². The Bertz CT molecular complexity index is 1000. The quantitative estimate of drug-likeness (QED) is 0.672. The molecular weight excluding hydrogens is 354 g/mol. The molecule has 0 bridgehead atoms. The van der Waals surface area contributed by atoms with Crippen molar-refractivity contribution in [2.24, 2.45) is 0 Å². The normalized spacial score (nSPS) is 10.5. The highest BCUT2D eigenvalue weighted by Crippen LogP contribution is 2.25. The van der Waals surface area contributed by atoms with Crippen LogP contribution in [0.4, 0.5) is 5.69 Å². The minimum atomic E-state index is -0.767. The van der Waals surface area contributed by atoms with Gasteiger partial charge in [-0.05, 0) is 53.6 Å². The van der Waals surface area contributed by atoms with Crippen molar-refractivity contribution in [3.05, 3.63) is 70.7 Å². The Morgan fingerprint density at radius 1 is 1.08 bits per heavy atom. The second kappa shape index (κ2) is 7.45. The largest absolute Gasteiger partial charge is 0.507 e. The Kier molecular flexibility index (Phi) is 5.09. The van der Waals surface area contributed by atoms with Gasteiger partial charge in [-0.3, -0.25) is 4.79 Å². The minimum Gasteiger partial charge on any atom is -0.507 e. The van der Waals surface area contributed by atoms with Crippen molar-refractivity contribution in [3.63, 3.8) is 0 Å². The molecule has 0 aromatic heterocycles. The highest BCUT2D eigenvalue weighted by Gasteiger charge is 2.16. The summed E-state index contributed by atoms with van der Waals surface area (Å²) < 4.78 is 5.02. The van der Waals surface area contributed by atoms with Gasteiger partial charge in [-0.15, -0.1) is 0 Å². The maximum absolute atomic E-state index is 12.2. The molecule has 0 radical (unpaired) electrons. The molecule has 0 spiro atoms. The number of phenols is 1. The number of halogens is 1. The number of hydrogen-bond acceptors (Lipinski definition) is 4. The fourth-order valence-corrected chi connectivity index (χ4v) is 2.78. The third kappa shape index (κ3) is 3.95. The summed E-state index contributed by atoms with van der Waals surface area (Å²) in [5.74, 6) is -1.44. The van der Waals surface area contributed by atoms with Crippen molar-refractivity contribution in [2.75, 3.05) is 11.9 Å². The molecule has 3 aromatic carbocycles. The molecular formula is C20H16ClNO4. The molecule has 1 amide bonds. The van der Waals surface area contributed by atoms with Crippen LogP contribution in [-0.2, 0) is 9.53 Å². The first kappa shape index (κ1) is 17.8. The highest BCUT2D eigenvalue weighted by atomic mass is 35.5. The number of hydrogen-bond donors (Lipinski definition) is 2. The van der Waals surface area contributed by atoms with Gasteiger partial charge >= 0.3 is 5.97 Å². The standard InChI is InChI=1S/C20H16ClNO4/c1-12-8-15(21)6-7-17(12)22-19(24)11-26-20(25)16-9-13-4-2-3-5-14(13)10-18(16)23/h2-10,23H,11H2,1H3,(H,22,24). The summed E-state index contributed by atoms with van der Waals surface area (Å²) in [5.41, 5.74) is 1.40. The third-order valence-corrected chi connectivity index (χ3v) is 4.12. The van der Waals surface area contributed by atoms with Crippen LogP contribution in [0.15, 0.2) is 54.6 Å². The lowest BCUT2D eigenvalue weighted by atomic mass is 10.1. The number of amides is 1. The molecule has 3 rings (SSSR count). The number of carbonyl (C=O) groups excluding carboxylic acids is 2. The first-order chi connectivity index (χ1) is 12.4. The van der Waals surface area contributed by atoms with Crippen molar-refractivity contribution >= 4 is 39.9 Å². The predicted molar refractivity (Wildman–Crippen MR) is 101 cm³/mol. The van der Waals surface area contributed by atoms with Gasteiger partial charge in [0.25, 0.3) is 5.91 Å².